The van der Waals surface area contributed by atoms with E-state index in [1.807, 2.05) is 0 Å². The van der Waals surface area contributed by atoms with E-state index in [4.69, 9.17) is 0 Å². The fourth-order valence-electron chi connectivity index (χ4n) is 1.34. The third-order valence-corrected chi connectivity index (χ3v) is 2.63. The Hall–Kier alpha value is -1.31. The minimum atomic E-state index is -4.86. The van der Waals surface area contributed by atoms with E-state index in [1.165, 1.54) is 6.07 Å². The van der Waals surface area contributed by atoms with Crippen LogP contribution in [0.2, 0.25) is 0 Å². The molecule has 0 spiro atoms. The molecule has 0 amide bonds. The van der Waals surface area contributed by atoms with Gasteiger partial charge in [0.2, 0.25) is 0 Å². The molecule has 0 radical (unpaired) electrons. The summed E-state index contributed by atoms with van der Waals surface area (Å²) in [5.41, 5.74) is -0.144. The molecule has 0 unspecified atom stereocenters. The highest BCUT2D eigenvalue weighted by atomic mass is 79.9. The molecular formula is C10H9BrF3NO3. The van der Waals surface area contributed by atoms with Crippen LogP contribution in [-0.4, -0.2) is 16.6 Å². The number of halogens is 4. The number of aryl methyl sites for hydroxylation is 1. The smallest absolute Gasteiger partial charge is 0.405 e. The Labute approximate surface area is 109 Å². The highest BCUT2D eigenvalue weighted by molar-refractivity contribution is 9.09. The van der Waals surface area contributed by atoms with Crippen LogP contribution < -0.4 is 4.74 Å². The Balaban J connectivity index is 3.05. The number of hydrogen-bond acceptors (Lipinski definition) is 3. The Morgan fingerprint density at radius 2 is 2.06 bits per heavy atom. The van der Waals surface area contributed by atoms with Gasteiger partial charge in [-0.2, -0.15) is 0 Å². The van der Waals surface area contributed by atoms with Crippen molar-refractivity contribution in [1.82, 2.24) is 0 Å². The van der Waals surface area contributed by atoms with E-state index in [0.29, 0.717) is 18.2 Å². The summed E-state index contributed by atoms with van der Waals surface area (Å²) >= 11 is 3.16. The largest absolute Gasteiger partial charge is 0.573 e. The summed E-state index contributed by atoms with van der Waals surface area (Å²) in [4.78, 5) is 9.74. The van der Waals surface area contributed by atoms with Gasteiger partial charge in [0.1, 0.15) is 5.75 Å². The number of alkyl halides is 4. The van der Waals surface area contributed by atoms with Crippen molar-refractivity contribution in [1.29, 1.82) is 0 Å². The van der Waals surface area contributed by atoms with Crippen LogP contribution in [0.1, 0.15) is 12.0 Å². The van der Waals surface area contributed by atoms with Crippen molar-refractivity contribution >= 4 is 21.6 Å². The van der Waals surface area contributed by atoms with Crippen molar-refractivity contribution in [3.8, 4) is 5.75 Å². The lowest BCUT2D eigenvalue weighted by atomic mass is 10.1. The zero-order valence-electron chi connectivity index (χ0n) is 9.04. The monoisotopic (exact) mass is 327 g/mol. The van der Waals surface area contributed by atoms with Gasteiger partial charge in [-0.1, -0.05) is 15.9 Å². The molecular weight excluding hydrogens is 319 g/mol. The molecule has 0 bridgehead atoms. The highest BCUT2D eigenvalue weighted by Gasteiger charge is 2.32. The first-order valence-electron chi connectivity index (χ1n) is 4.92. The quantitative estimate of drug-likeness (QED) is 0.469. The second-order valence-electron chi connectivity index (χ2n) is 3.39. The van der Waals surface area contributed by atoms with Gasteiger partial charge in [-0.25, -0.2) is 0 Å². The maximum atomic E-state index is 12.2. The molecule has 100 valence electrons. The van der Waals surface area contributed by atoms with Crippen molar-refractivity contribution in [2.45, 2.75) is 19.2 Å². The van der Waals surface area contributed by atoms with Crippen LogP contribution in [-0.2, 0) is 6.42 Å². The summed E-state index contributed by atoms with van der Waals surface area (Å²) in [5, 5.41) is 11.1. The first-order chi connectivity index (χ1) is 8.33. The molecule has 0 atom stereocenters. The first-order valence-corrected chi connectivity index (χ1v) is 6.04. The summed E-state index contributed by atoms with van der Waals surface area (Å²) in [6.07, 6.45) is -3.92. The van der Waals surface area contributed by atoms with Crippen molar-refractivity contribution < 1.29 is 22.8 Å². The summed E-state index contributed by atoms with van der Waals surface area (Å²) in [7, 11) is 0. The average Bonchev–Trinajstić information content (AvgIpc) is 2.25. The van der Waals surface area contributed by atoms with Crippen molar-refractivity contribution in [3.05, 3.63) is 33.9 Å². The van der Waals surface area contributed by atoms with Gasteiger partial charge in [0, 0.05) is 11.4 Å². The number of rotatable bonds is 5. The second-order valence-corrected chi connectivity index (χ2v) is 4.18. The molecule has 1 aromatic rings. The van der Waals surface area contributed by atoms with Crippen molar-refractivity contribution in [3.63, 3.8) is 0 Å². The van der Waals surface area contributed by atoms with Crippen molar-refractivity contribution in [2.75, 3.05) is 5.33 Å². The van der Waals surface area contributed by atoms with Gasteiger partial charge in [0.25, 0.3) is 5.69 Å². The summed E-state index contributed by atoms with van der Waals surface area (Å²) < 4.78 is 40.3. The van der Waals surface area contributed by atoms with E-state index in [0.717, 1.165) is 12.1 Å². The fraction of sp³-hybridized carbons (Fsp3) is 0.400. The Morgan fingerprint density at radius 1 is 1.39 bits per heavy atom. The zero-order chi connectivity index (χ0) is 13.8. The zero-order valence-corrected chi connectivity index (χ0v) is 10.6. The normalized spacial score (nSPS) is 11.3. The molecule has 4 nitrogen and oxygen atoms in total. The fourth-order valence-corrected chi connectivity index (χ4v) is 1.62. The Morgan fingerprint density at radius 3 is 2.56 bits per heavy atom. The molecule has 0 aromatic heterocycles. The van der Waals surface area contributed by atoms with Gasteiger partial charge >= 0.3 is 6.36 Å². The molecule has 0 saturated heterocycles. The standard InChI is InChI=1S/C10H9BrF3NO3/c11-5-1-2-7-3-4-8(15(16)17)6-9(7)18-10(12,13)14/h3-4,6H,1-2,5H2. The number of ether oxygens (including phenoxy) is 1. The number of nitro groups is 1. The SMILES string of the molecule is O=[N+]([O-])c1ccc(CCCBr)c(OC(F)(F)F)c1. The lowest BCUT2D eigenvalue weighted by molar-refractivity contribution is -0.385. The third kappa shape index (κ3) is 4.52. The molecule has 18 heavy (non-hydrogen) atoms. The molecule has 1 aromatic carbocycles. The Kier molecular flexibility index (Phi) is 4.94. The number of benzene rings is 1. The maximum absolute atomic E-state index is 12.2. The topological polar surface area (TPSA) is 52.4 Å². The number of non-ortho nitro benzene ring substituents is 1. The number of hydrogen-bond donors (Lipinski definition) is 0. The minimum absolute atomic E-state index is 0.289. The molecule has 0 aliphatic heterocycles. The van der Waals surface area contributed by atoms with Gasteiger partial charge < -0.3 is 4.74 Å². The van der Waals surface area contributed by atoms with Crippen LogP contribution >= 0.6 is 15.9 Å². The van der Waals surface area contributed by atoms with Gasteiger partial charge in [0.15, 0.2) is 0 Å². The van der Waals surface area contributed by atoms with Crippen LogP contribution in [0.3, 0.4) is 0 Å². The van der Waals surface area contributed by atoms with E-state index in [2.05, 4.69) is 20.7 Å². The molecule has 0 fully saturated rings. The summed E-state index contributed by atoms with van der Waals surface area (Å²) in [6, 6.07) is 3.23. The lowest BCUT2D eigenvalue weighted by Gasteiger charge is -2.12. The molecule has 1 rings (SSSR count). The van der Waals surface area contributed by atoms with Gasteiger partial charge in [-0.05, 0) is 24.5 Å². The molecule has 0 saturated carbocycles. The molecule has 0 aliphatic carbocycles. The van der Waals surface area contributed by atoms with E-state index in [-0.39, 0.29) is 5.56 Å². The van der Waals surface area contributed by atoms with E-state index < -0.39 is 22.7 Å². The van der Waals surface area contributed by atoms with Crippen LogP contribution in [0.15, 0.2) is 18.2 Å². The van der Waals surface area contributed by atoms with Gasteiger partial charge in [-0.15, -0.1) is 13.2 Å². The molecule has 0 heterocycles. The minimum Gasteiger partial charge on any atom is -0.405 e. The highest BCUT2D eigenvalue weighted by Crippen LogP contribution is 2.30. The first kappa shape index (κ1) is 14.7. The summed E-state index contributed by atoms with van der Waals surface area (Å²) in [6.45, 7) is 0. The lowest BCUT2D eigenvalue weighted by Crippen LogP contribution is -2.18. The second kappa shape index (κ2) is 6.03. The van der Waals surface area contributed by atoms with Crippen molar-refractivity contribution in [2.24, 2.45) is 0 Å². The van der Waals surface area contributed by atoms with Crippen LogP contribution in [0, 0.1) is 10.1 Å². The van der Waals surface area contributed by atoms with E-state index in [1.54, 1.807) is 0 Å². The Bertz CT molecular complexity index is 437. The van der Waals surface area contributed by atoms with Crippen LogP contribution in [0.25, 0.3) is 0 Å². The average molecular weight is 328 g/mol. The number of nitrogens with zero attached hydrogens (tertiary/aromatic N) is 1. The maximum Gasteiger partial charge on any atom is 0.573 e. The molecule has 0 aliphatic rings. The van der Waals surface area contributed by atoms with E-state index >= 15 is 0 Å². The third-order valence-electron chi connectivity index (χ3n) is 2.07. The predicted octanol–water partition coefficient (Wildman–Crippen LogP) is 3.82. The van der Waals surface area contributed by atoms with Gasteiger partial charge in [0.05, 0.1) is 11.0 Å². The van der Waals surface area contributed by atoms with E-state index in [9.17, 15) is 23.3 Å². The van der Waals surface area contributed by atoms with Crippen LogP contribution in [0.5, 0.6) is 5.75 Å². The number of nitro benzene ring substituents is 1. The predicted molar refractivity (Wildman–Crippen MR) is 61.9 cm³/mol. The molecule has 8 heteroatoms. The van der Waals surface area contributed by atoms with Gasteiger partial charge in [-0.3, -0.25) is 10.1 Å². The summed E-state index contributed by atoms with van der Waals surface area (Å²) in [5.74, 6) is -0.516. The molecule has 0 N–H and O–H groups in total. The van der Waals surface area contributed by atoms with Crippen LogP contribution in [0.4, 0.5) is 18.9 Å².